The summed E-state index contributed by atoms with van der Waals surface area (Å²) in [6.07, 6.45) is -5.26. The maximum Gasteiger partial charge on any atom is 0.426 e. The molecule has 0 aromatic heterocycles. The fourth-order valence-electron chi connectivity index (χ4n) is 2.14. The molecule has 0 aliphatic heterocycles. The fraction of sp³-hybridized carbons (Fsp3) is 0.176. The van der Waals surface area contributed by atoms with E-state index in [1.165, 1.54) is 12.1 Å². The first-order chi connectivity index (χ1) is 13.2. The zero-order valence-corrected chi connectivity index (χ0v) is 16.1. The van der Waals surface area contributed by atoms with Crippen LogP contribution in [0, 0.1) is 0 Å². The first kappa shape index (κ1) is 22.7. The first-order valence-electron chi connectivity index (χ1n) is 7.67. The van der Waals surface area contributed by atoms with Gasteiger partial charge in [-0.3, -0.25) is 4.79 Å². The molecule has 0 bridgehead atoms. The molecule has 29 heavy (non-hydrogen) atoms. The molecule has 3 N–H and O–H groups in total. The Morgan fingerprint density at radius 1 is 1.10 bits per heavy atom. The topological polar surface area (TPSA) is 121 Å². The molecule has 2 rings (SSSR count). The predicted octanol–water partition coefficient (Wildman–Crippen LogP) is 3.12. The minimum absolute atomic E-state index is 0.248. The van der Waals surface area contributed by atoms with Crippen molar-refractivity contribution in [2.75, 3.05) is 5.32 Å². The molecule has 2 aromatic rings. The van der Waals surface area contributed by atoms with Crippen LogP contribution in [0.15, 0.2) is 52.3 Å². The van der Waals surface area contributed by atoms with Crippen LogP contribution in [0.4, 0.5) is 18.9 Å². The highest BCUT2D eigenvalue weighted by molar-refractivity contribution is 7.91. The van der Waals surface area contributed by atoms with E-state index in [0.29, 0.717) is 0 Å². The van der Waals surface area contributed by atoms with Crippen LogP contribution < -0.4 is 5.32 Å². The Balaban J connectivity index is 2.42. The Bertz CT molecular complexity index is 1080. The summed E-state index contributed by atoms with van der Waals surface area (Å²) >= 11 is 5.88. The SMILES string of the molecule is C[C@@](O)(C(=O)Nc1ccc(S(=O)(=O)c2ccccc2C(=O)O)cc1Cl)C(F)(F)F. The number of halogens is 4. The van der Waals surface area contributed by atoms with Crippen LogP contribution in [0.2, 0.25) is 5.02 Å². The first-order valence-corrected chi connectivity index (χ1v) is 9.53. The second kappa shape index (κ2) is 7.65. The monoisotopic (exact) mass is 451 g/mol. The number of anilines is 1. The summed E-state index contributed by atoms with van der Waals surface area (Å²) in [5.41, 5.74) is -4.57. The molecule has 0 fully saturated rings. The summed E-state index contributed by atoms with van der Waals surface area (Å²) in [7, 11) is -4.34. The molecule has 0 unspecified atom stereocenters. The van der Waals surface area contributed by atoms with Gasteiger partial charge in [0.15, 0.2) is 0 Å². The number of aromatic carboxylic acids is 1. The number of aliphatic hydroxyl groups is 1. The number of sulfone groups is 1. The van der Waals surface area contributed by atoms with Gasteiger partial charge in [-0.15, -0.1) is 0 Å². The van der Waals surface area contributed by atoms with E-state index in [0.717, 1.165) is 30.3 Å². The van der Waals surface area contributed by atoms with Crippen molar-refractivity contribution in [2.45, 2.75) is 28.5 Å². The van der Waals surface area contributed by atoms with Crippen LogP contribution >= 0.6 is 11.6 Å². The maximum absolute atomic E-state index is 12.7. The average molecular weight is 452 g/mol. The molecule has 0 aliphatic carbocycles. The standard InChI is InChI=1S/C17H13ClF3NO6S/c1-16(26,17(19,20)21)15(25)22-12-7-6-9(8-11(12)18)29(27,28)13-5-3-2-4-10(13)14(23)24/h2-8,26H,1H3,(H,22,25)(H,23,24)/t16-/m1/s1. The van der Waals surface area contributed by atoms with E-state index in [1.807, 2.05) is 0 Å². The summed E-state index contributed by atoms with van der Waals surface area (Å²) in [6.45, 7) is 0.248. The Morgan fingerprint density at radius 2 is 1.69 bits per heavy atom. The molecule has 0 aliphatic rings. The Labute approximate surface area is 167 Å². The highest BCUT2D eigenvalue weighted by Gasteiger charge is 2.55. The van der Waals surface area contributed by atoms with Gasteiger partial charge < -0.3 is 15.5 Å². The second-order valence-electron chi connectivity index (χ2n) is 5.97. The summed E-state index contributed by atoms with van der Waals surface area (Å²) in [4.78, 5) is 22.0. The Kier molecular flexibility index (Phi) is 5.98. The molecule has 7 nitrogen and oxygen atoms in total. The van der Waals surface area contributed by atoms with Gasteiger partial charge in [-0.05, 0) is 37.3 Å². The number of hydrogen-bond acceptors (Lipinski definition) is 5. The summed E-state index contributed by atoms with van der Waals surface area (Å²) < 4.78 is 63.7. The number of hydrogen-bond donors (Lipinski definition) is 3. The van der Waals surface area contributed by atoms with E-state index in [4.69, 9.17) is 16.7 Å². The molecule has 0 heterocycles. The molecule has 0 spiro atoms. The van der Waals surface area contributed by atoms with E-state index in [2.05, 4.69) is 0 Å². The Morgan fingerprint density at radius 3 is 2.21 bits per heavy atom. The minimum Gasteiger partial charge on any atom is -0.478 e. The van der Waals surface area contributed by atoms with Crippen molar-refractivity contribution >= 4 is 39.0 Å². The highest BCUT2D eigenvalue weighted by atomic mass is 35.5. The predicted molar refractivity (Wildman–Crippen MR) is 95.6 cm³/mol. The van der Waals surface area contributed by atoms with Gasteiger partial charge in [0.25, 0.3) is 5.91 Å². The second-order valence-corrected chi connectivity index (χ2v) is 8.30. The van der Waals surface area contributed by atoms with Crippen LogP contribution in [0.5, 0.6) is 0 Å². The minimum atomic E-state index is -5.26. The lowest BCUT2D eigenvalue weighted by molar-refractivity contribution is -0.242. The number of alkyl halides is 3. The van der Waals surface area contributed by atoms with E-state index < -0.39 is 53.9 Å². The van der Waals surface area contributed by atoms with Gasteiger partial charge in [-0.1, -0.05) is 23.7 Å². The Hall–Kier alpha value is -2.63. The molecule has 0 saturated heterocycles. The number of amides is 1. The number of carboxylic acids is 1. The molecule has 0 saturated carbocycles. The van der Waals surface area contributed by atoms with Crippen molar-refractivity contribution in [3.05, 3.63) is 53.1 Å². The molecular weight excluding hydrogens is 439 g/mol. The molecule has 1 amide bonds. The molecule has 12 heteroatoms. The van der Waals surface area contributed by atoms with Gasteiger partial charge in [0.2, 0.25) is 15.4 Å². The number of nitrogens with one attached hydrogen (secondary N) is 1. The van der Waals surface area contributed by atoms with Crippen molar-refractivity contribution in [1.82, 2.24) is 0 Å². The number of benzene rings is 2. The molecular formula is C17H13ClF3NO6S. The van der Waals surface area contributed by atoms with Crippen molar-refractivity contribution in [2.24, 2.45) is 0 Å². The summed E-state index contributed by atoms with van der Waals surface area (Å²) in [5.74, 6) is -3.30. The lowest BCUT2D eigenvalue weighted by Gasteiger charge is -2.25. The van der Waals surface area contributed by atoms with Crippen molar-refractivity contribution in [1.29, 1.82) is 0 Å². The van der Waals surface area contributed by atoms with Gasteiger partial charge in [0.05, 0.1) is 26.1 Å². The lowest BCUT2D eigenvalue weighted by Crippen LogP contribution is -2.52. The average Bonchev–Trinajstić information content (AvgIpc) is 2.62. The van der Waals surface area contributed by atoms with Gasteiger partial charge in [-0.25, -0.2) is 13.2 Å². The summed E-state index contributed by atoms with van der Waals surface area (Å²) in [5, 5.41) is 19.9. The number of carboxylic acid groups (broad SMARTS) is 1. The largest absolute Gasteiger partial charge is 0.478 e. The van der Waals surface area contributed by atoms with Crippen LogP contribution in [0.25, 0.3) is 0 Å². The van der Waals surface area contributed by atoms with Crippen molar-refractivity contribution in [3.8, 4) is 0 Å². The molecule has 2 aromatic carbocycles. The molecule has 0 radical (unpaired) electrons. The van der Waals surface area contributed by atoms with Crippen molar-refractivity contribution in [3.63, 3.8) is 0 Å². The highest BCUT2D eigenvalue weighted by Crippen LogP contribution is 2.33. The van der Waals surface area contributed by atoms with Crippen LogP contribution in [0.1, 0.15) is 17.3 Å². The smallest absolute Gasteiger partial charge is 0.426 e. The number of rotatable bonds is 5. The maximum atomic E-state index is 12.7. The van der Waals surface area contributed by atoms with Gasteiger partial charge >= 0.3 is 12.1 Å². The number of carbonyl (C=O) groups is 2. The molecule has 156 valence electrons. The third-order valence-corrected chi connectivity index (χ3v) is 6.02. The number of carbonyl (C=O) groups excluding carboxylic acids is 1. The fourth-order valence-corrected chi connectivity index (χ4v) is 3.91. The molecule has 1 atom stereocenters. The van der Waals surface area contributed by atoms with Crippen LogP contribution in [0.3, 0.4) is 0 Å². The van der Waals surface area contributed by atoms with E-state index in [-0.39, 0.29) is 12.6 Å². The van der Waals surface area contributed by atoms with Gasteiger partial charge in [-0.2, -0.15) is 13.2 Å². The van der Waals surface area contributed by atoms with Crippen LogP contribution in [-0.2, 0) is 14.6 Å². The third kappa shape index (κ3) is 4.36. The van der Waals surface area contributed by atoms with Gasteiger partial charge in [0, 0.05) is 0 Å². The van der Waals surface area contributed by atoms with E-state index >= 15 is 0 Å². The third-order valence-electron chi connectivity index (χ3n) is 3.90. The van der Waals surface area contributed by atoms with E-state index in [9.17, 15) is 36.3 Å². The quantitative estimate of drug-likeness (QED) is 0.642. The van der Waals surface area contributed by atoms with E-state index in [1.54, 1.807) is 5.32 Å². The zero-order chi connectivity index (χ0) is 22.2. The normalized spacial score (nSPS) is 14.1. The lowest BCUT2D eigenvalue weighted by atomic mass is 10.1. The van der Waals surface area contributed by atoms with Crippen LogP contribution in [-0.4, -0.2) is 42.3 Å². The zero-order valence-electron chi connectivity index (χ0n) is 14.5. The summed E-state index contributed by atoms with van der Waals surface area (Å²) in [6, 6.07) is 7.50. The van der Waals surface area contributed by atoms with Gasteiger partial charge in [0.1, 0.15) is 0 Å². The van der Waals surface area contributed by atoms with Crippen molar-refractivity contribution < 1.29 is 41.4 Å².